The molecule has 2 aromatic carbocycles. The van der Waals surface area contributed by atoms with Crippen LogP contribution in [0, 0.1) is 5.82 Å². The Morgan fingerprint density at radius 3 is 2.48 bits per heavy atom. The van der Waals surface area contributed by atoms with Gasteiger partial charge in [0.2, 0.25) is 0 Å². The zero-order valence-electron chi connectivity index (χ0n) is 19.6. The van der Waals surface area contributed by atoms with Crippen molar-refractivity contribution in [2.24, 2.45) is 4.99 Å². The number of ether oxygens (including phenoxy) is 2. The molecule has 33 heavy (non-hydrogen) atoms. The predicted molar refractivity (Wildman–Crippen MR) is 142 cm³/mol. The van der Waals surface area contributed by atoms with Gasteiger partial charge in [0.1, 0.15) is 5.75 Å². The van der Waals surface area contributed by atoms with E-state index in [-0.39, 0.29) is 35.5 Å². The molecule has 0 aliphatic carbocycles. The zero-order valence-corrected chi connectivity index (χ0v) is 21.9. The Balaban J connectivity index is 0.00000385. The molecule has 0 saturated carbocycles. The Morgan fingerprint density at radius 1 is 1.09 bits per heavy atom. The highest BCUT2D eigenvalue weighted by atomic mass is 127. The fourth-order valence-electron chi connectivity index (χ4n) is 3.79. The molecule has 0 unspecified atom stereocenters. The number of aliphatic imine (C=N–C) groups is 1. The maximum absolute atomic E-state index is 14.0. The predicted octanol–water partition coefficient (Wildman–Crippen LogP) is 4.79. The fourth-order valence-corrected chi connectivity index (χ4v) is 3.79. The van der Waals surface area contributed by atoms with Crippen molar-refractivity contribution < 1.29 is 13.9 Å². The Hall–Kier alpha value is -1.91. The number of para-hydroxylation sites is 2. The second-order valence-corrected chi connectivity index (χ2v) is 7.94. The minimum absolute atomic E-state index is 0. The van der Waals surface area contributed by atoms with Crippen molar-refractivity contribution in [1.29, 1.82) is 0 Å². The van der Waals surface area contributed by atoms with Crippen LogP contribution in [0.3, 0.4) is 0 Å². The largest absolute Gasteiger partial charge is 0.454 e. The molecule has 1 saturated heterocycles. The molecule has 2 aromatic rings. The van der Waals surface area contributed by atoms with E-state index in [1.807, 2.05) is 24.3 Å². The molecule has 0 bridgehead atoms. The number of halogens is 2. The number of nitrogens with one attached hydrogen (secondary N) is 2. The highest BCUT2D eigenvalue weighted by Gasteiger charge is 2.19. The molecule has 0 radical (unpaired) electrons. The molecule has 0 atom stereocenters. The Kier molecular flexibility index (Phi) is 12.5. The van der Waals surface area contributed by atoms with Crippen LogP contribution in [-0.4, -0.2) is 56.8 Å². The van der Waals surface area contributed by atoms with Gasteiger partial charge in [-0.3, -0.25) is 0 Å². The quantitative estimate of drug-likeness (QED) is 0.186. The van der Waals surface area contributed by atoms with Crippen LogP contribution in [0.4, 0.5) is 4.39 Å². The van der Waals surface area contributed by atoms with Gasteiger partial charge in [-0.2, -0.15) is 0 Å². The third-order valence-electron chi connectivity index (χ3n) is 5.53. The topological polar surface area (TPSA) is 58.1 Å². The summed E-state index contributed by atoms with van der Waals surface area (Å²) in [5.74, 6) is 1.24. The third-order valence-corrected chi connectivity index (χ3v) is 5.53. The van der Waals surface area contributed by atoms with Gasteiger partial charge in [0.15, 0.2) is 17.5 Å². The number of rotatable bonds is 10. The average molecular weight is 570 g/mol. The molecule has 1 aliphatic heterocycles. The number of benzene rings is 2. The highest BCUT2D eigenvalue weighted by Crippen LogP contribution is 2.27. The Labute approximate surface area is 214 Å². The van der Waals surface area contributed by atoms with Crippen molar-refractivity contribution in [3.05, 3.63) is 59.9 Å². The van der Waals surface area contributed by atoms with Gasteiger partial charge in [0, 0.05) is 51.5 Å². The monoisotopic (exact) mass is 570 g/mol. The van der Waals surface area contributed by atoms with Gasteiger partial charge in [-0.15, -0.1) is 24.0 Å². The number of methoxy groups -OCH3 is 1. The molecule has 1 heterocycles. The molecule has 182 valence electrons. The summed E-state index contributed by atoms with van der Waals surface area (Å²) >= 11 is 0. The second kappa shape index (κ2) is 15.1. The van der Waals surface area contributed by atoms with Crippen LogP contribution in [0.1, 0.15) is 31.7 Å². The number of guanidine groups is 1. The average Bonchev–Trinajstić information content (AvgIpc) is 2.81. The van der Waals surface area contributed by atoms with Crippen molar-refractivity contribution in [2.45, 2.75) is 38.8 Å². The van der Waals surface area contributed by atoms with Crippen molar-refractivity contribution in [3.63, 3.8) is 0 Å². The number of hydrogen-bond acceptors (Lipinski definition) is 4. The highest BCUT2D eigenvalue weighted by molar-refractivity contribution is 14.0. The fraction of sp³-hybridized carbons (Fsp3) is 0.480. The first-order valence-electron chi connectivity index (χ1n) is 11.5. The van der Waals surface area contributed by atoms with Crippen LogP contribution in [0.15, 0.2) is 53.5 Å². The summed E-state index contributed by atoms with van der Waals surface area (Å²) in [6.07, 6.45) is 3.25. The standard InChI is InChI=1S/C25H35FN4O2.HI/c1-3-27-25(29-21-13-16-30(17-14-21)15-8-18-31-2)28-19-20-9-4-6-11-23(20)32-24-12-7-5-10-22(24)26;/h4-7,9-12,21H,3,8,13-19H2,1-2H3,(H2,27,28,29);1H. The number of likely N-dealkylation sites (tertiary alicyclic amines) is 1. The van der Waals surface area contributed by atoms with Crippen LogP contribution < -0.4 is 15.4 Å². The minimum Gasteiger partial charge on any atom is -0.454 e. The van der Waals surface area contributed by atoms with E-state index in [0.29, 0.717) is 18.3 Å². The van der Waals surface area contributed by atoms with Crippen LogP contribution in [0.5, 0.6) is 11.5 Å². The number of nitrogens with zero attached hydrogens (tertiary/aromatic N) is 2. The summed E-state index contributed by atoms with van der Waals surface area (Å²) in [6.45, 7) is 7.36. The van der Waals surface area contributed by atoms with Gasteiger partial charge in [-0.25, -0.2) is 9.38 Å². The van der Waals surface area contributed by atoms with E-state index in [1.165, 1.54) is 6.07 Å². The van der Waals surface area contributed by atoms with E-state index in [1.54, 1.807) is 25.3 Å². The first kappa shape index (κ1) is 27.3. The molecule has 0 aromatic heterocycles. The van der Waals surface area contributed by atoms with E-state index in [2.05, 4.69) is 22.5 Å². The molecule has 1 aliphatic rings. The molecule has 0 spiro atoms. The van der Waals surface area contributed by atoms with Crippen molar-refractivity contribution in [2.75, 3.05) is 39.9 Å². The van der Waals surface area contributed by atoms with Crippen molar-refractivity contribution in [3.8, 4) is 11.5 Å². The lowest BCUT2D eigenvalue weighted by atomic mass is 10.1. The van der Waals surface area contributed by atoms with Gasteiger partial charge in [0.05, 0.1) is 6.54 Å². The summed E-state index contributed by atoms with van der Waals surface area (Å²) in [5, 5.41) is 6.92. The maximum atomic E-state index is 14.0. The van der Waals surface area contributed by atoms with Crippen LogP contribution in [0.2, 0.25) is 0 Å². The van der Waals surface area contributed by atoms with Gasteiger partial charge in [0.25, 0.3) is 0 Å². The molecule has 6 nitrogen and oxygen atoms in total. The Morgan fingerprint density at radius 2 is 1.79 bits per heavy atom. The summed E-state index contributed by atoms with van der Waals surface area (Å²) in [6, 6.07) is 14.5. The van der Waals surface area contributed by atoms with E-state index in [0.717, 1.165) is 63.6 Å². The first-order valence-corrected chi connectivity index (χ1v) is 11.5. The zero-order chi connectivity index (χ0) is 22.6. The van der Waals surface area contributed by atoms with Crippen LogP contribution in [-0.2, 0) is 11.3 Å². The normalized spacial score (nSPS) is 15.1. The van der Waals surface area contributed by atoms with E-state index >= 15 is 0 Å². The minimum atomic E-state index is -0.380. The van der Waals surface area contributed by atoms with Crippen molar-refractivity contribution in [1.82, 2.24) is 15.5 Å². The molecular weight excluding hydrogens is 534 g/mol. The van der Waals surface area contributed by atoms with E-state index in [9.17, 15) is 4.39 Å². The molecular formula is C25H36FIN4O2. The summed E-state index contributed by atoms with van der Waals surface area (Å²) < 4.78 is 25.0. The number of piperidine rings is 1. The van der Waals surface area contributed by atoms with Gasteiger partial charge < -0.3 is 25.0 Å². The lowest BCUT2D eigenvalue weighted by Crippen LogP contribution is -2.48. The van der Waals surface area contributed by atoms with Crippen molar-refractivity contribution >= 4 is 29.9 Å². The summed E-state index contributed by atoms with van der Waals surface area (Å²) in [7, 11) is 1.75. The first-order chi connectivity index (χ1) is 15.7. The van der Waals surface area contributed by atoms with Gasteiger partial charge in [-0.05, 0) is 44.4 Å². The number of hydrogen-bond donors (Lipinski definition) is 2. The van der Waals surface area contributed by atoms with E-state index < -0.39 is 0 Å². The molecule has 0 amide bonds. The second-order valence-electron chi connectivity index (χ2n) is 7.94. The van der Waals surface area contributed by atoms with E-state index in [4.69, 9.17) is 14.5 Å². The summed E-state index contributed by atoms with van der Waals surface area (Å²) in [5.41, 5.74) is 0.904. The third kappa shape index (κ3) is 9.10. The van der Waals surface area contributed by atoms with Gasteiger partial charge in [-0.1, -0.05) is 30.3 Å². The summed E-state index contributed by atoms with van der Waals surface area (Å²) in [4.78, 5) is 7.27. The van der Waals surface area contributed by atoms with Gasteiger partial charge >= 0.3 is 0 Å². The lowest BCUT2D eigenvalue weighted by molar-refractivity contribution is 0.155. The molecule has 8 heteroatoms. The molecule has 3 rings (SSSR count). The molecule has 2 N–H and O–H groups in total. The smallest absolute Gasteiger partial charge is 0.191 e. The molecule has 1 fully saturated rings. The Bertz CT molecular complexity index is 860. The maximum Gasteiger partial charge on any atom is 0.191 e. The lowest BCUT2D eigenvalue weighted by Gasteiger charge is -2.33. The SMILES string of the molecule is CCNC(=NCc1ccccc1Oc1ccccc1F)NC1CCN(CCCOC)CC1.I. The van der Waals surface area contributed by atoms with Crippen LogP contribution >= 0.6 is 24.0 Å². The van der Waals surface area contributed by atoms with Crippen LogP contribution in [0.25, 0.3) is 0 Å².